The summed E-state index contributed by atoms with van der Waals surface area (Å²) >= 11 is 0. The number of amides is 1. The van der Waals surface area contributed by atoms with Crippen molar-refractivity contribution in [2.75, 3.05) is 0 Å². The molecule has 0 unspecified atom stereocenters. The first-order valence-electron chi connectivity index (χ1n) is 7.95. The summed E-state index contributed by atoms with van der Waals surface area (Å²) in [5.41, 5.74) is 1.17. The van der Waals surface area contributed by atoms with Gasteiger partial charge in [-0.3, -0.25) is 4.79 Å². The van der Waals surface area contributed by atoms with E-state index in [2.05, 4.69) is 16.4 Å². The van der Waals surface area contributed by atoms with E-state index < -0.39 is 5.41 Å². The summed E-state index contributed by atoms with van der Waals surface area (Å²) in [6.07, 6.45) is 8.58. The van der Waals surface area contributed by atoms with E-state index in [1.165, 1.54) is 0 Å². The van der Waals surface area contributed by atoms with E-state index in [9.17, 15) is 10.1 Å². The number of carbonyl (C=O) groups is 1. The van der Waals surface area contributed by atoms with Crippen LogP contribution in [0.25, 0.3) is 5.69 Å². The smallest absolute Gasteiger partial charge is 0.240 e. The van der Waals surface area contributed by atoms with Crippen LogP contribution in [0.1, 0.15) is 44.2 Å². The zero-order chi connectivity index (χ0) is 16.3. The highest BCUT2D eigenvalue weighted by atomic mass is 16.2. The predicted octanol–water partition coefficient (Wildman–Crippen LogP) is 3.13. The molecule has 0 bridgehead atoms. The number of nitrogens with zero attached hydrogens (tertiary/aromatic N) is 3. The fourth-order valence-corrected chi connectivity index (χ4v) is 3.15. The lowest BCUT2D eigenvalue weighted by Crippen LogP contribution is -2.39. The molecular weight excluding hydrogens is 288 g/mol. The van der Waals surface area contributed by atoms with Crippen LogP contribution in [-0.4, -0.2) is 15.5 Å². The van der Waals surface area contributed by atoms with Crippen molar-refractivity contribution in [2.45, 2.75) is 38.6 Å². The molecule has 1 N–H and O–H groups in total. The first-order valence-corrected chi connectivity index (χ1v) is 7.95. The minimum absolute atomic E-state index is 0.141. The summed E-state index contributed by atoms with van der Waals surface area (Å²) in [5.74, 6) is -0.141. The Bertz CT molecular complexity index is 724. The summed E-state index contributed by atoms with van der Waals surface area (Å²) in [7, 11) is 0. The summed E-state index contributed by atoms with van der Waals surface area (Å²) in [5, 5.41) is 12.4. The maximum absolute atomic E-state index is 12.5. The van der Waals surface area contributed by atoms with Crippen LogP contribution in [0.3, 0.4) is 0 Å². The third kappa shape index (κ3) is 2.98. The van der Waals surface area contributed by atoms with E-state index in [-0.39, 0.29) is 11.9 Å². The van der Waals surface area contributed by atoms with Crippen LogP contribution in [0.15, 0.2) is 43.0 Å². The number of hydrogen-bond acceptors (Lipinski definition) is 3. The second kappa shape index (κ2) is 6.25. The summed E-state index contributed by atoms with van der Waals surface area (Å²) in [4.78, 5) is 16.6. The Hall–Kier alpha value is -2.61. The number of imidazole rings is 1. The largest absolute Gasteiger partial charge is 0.348 e. The van der Waals surface area contributed by atoms with Gasteiger partial charge in [0.05, 0.1) is 18.4 Å². The van der Waals surface area contributed by atoms with Gasteiger partial charge in [0, 0.05) is 18.1 Å². The molecule has 118 valence electrons. The fourth-order valence-electron chi connectivity index (χ4n) is 3.15. The third-order valence-corrected chi connectivity index (χ3v) is 4.63. The molecule has 0 saturated heterocycles. The van der Waals surface area contributed by atoms with Gasteiger partial charge < -0.3 is 9.88 Å². The molecule has 1 heterocycles. The highest BCUT2D eigenvalue weighted by molar-refractivity contribution is 5.86. The number of benzene rings is 1. The third-order valence-electron chi connectivity index (χ3n) is 4.63. The molecule has 0 spiro atoms. The van der Waals surface area contributed by atoms with Crippen molar-refractivity contribution in [3.63, 3.8) is 0 Å². The Labute approximate surface area is 136 Å². The van der Waals surface area contributed by atoms with Crippen molar-refractivity contribution in [1.82, 2.24) is 14.9 Å². The van der Waals surface area contributed by atoms with E-state index >= 15 is 0 Å². The standard InChI is InChI=1S/C18H20N4O/c1-14(21-17(23)18(12-19)7-2-3-8-18)15-5-4-6-16(11-15)22-10-9-20-13-22/h4-6,9-11,13-14H,2-3,7-8H2,1H3,(H,21,23)/t14-/m1/s1. The lowest BCUT2D eigenvalue weighted by molar-refractivity contribution is -0.128. The van der Waals surface area contributed by atoms with Gasteiger partial charge in [-0.2, -0.15) is 5.26 Å². The molecule has 0 radical (unpaired) electrons. The van der Waals surface area contributed by atoms with Crippen molar-refractivity contribution in [3.8, 4) is 11.8 Å². The first-order chi connectivity index (χ1) is 11.1. The lowest BCUT2D eigenvalue weighted by Gasteiger charge is -2.23. The number of nitrogens with one attached hydrogen (secondary N) is 1. The molecular formula is C18H20N4O. The summed E-state index contributed by atoms with van der Waals surface area (Å²) < 4.78 is 1.92. The Morgan fingerprint density at radius 1 is 1.43 bits per heavy atom. The molecule has 5 nitrogen and oxygen atoms in total. The molecule has 3 rings (SSSR count). The predicted molar refractivity (Wildman–Crippen MR) is 86.6 cm³/mol. The topological polar surface area (TPSA) is 70.7 Å². The Morgan fingerprint density at radius 2 is 2.22 bits per heavy atom. The van der Waals surface area contributed by atoms with Gasteiger partial charge >= 0.3 is 0 Å². The van der Waals surface area contributed by atoms with Crippen LogP contribution in [-0.2, 0) is 4.79 Å². The maximum Gasteiger partial charge on any atom is 0.240 e. The quantitative estimate of drug-likeness (QED) is 0.943. The molecule has 1 saturated carbocycles. The summed E-state index contributed by atoms with van der Waals surface area (Å²) in [6, 6.07) is 10.1. The van der Waals surface area contributed by atoms with E-state index in [0.29, 0.717) is 12.8 Å². The van der Waals surface area contributed by atoms with Crippen molar-refractivity contribution in [2.24, 2.45) is 5.41 Å². The van der Waals surface area contributed by atoms with E-state index in [4.69, 9.17) is 0 Å². The average molecular weight is 308 g/mol. The van der Waals surface area contributed by atoms with Crippen molar-refractivity contribution < 1.29 is 4.79 Å². The molecule has 1 aliphatic rings. The Morgan fingerprint density at radius 3 is 2.87 bits per heavy atom. The average Bonchev–Trinajstić information content (AvgIpc) is 3.27. The van der Waals surface area contributed by atoms with Gasteiger partial charge in [-0.25, -0.2) is 4.98 Å². The number of rotatable bonds is 4. The van der Waals surface area contributed by atoms with Crippen molar-refractivity contribution in [1.29, 1.82) is 5.26 Å². The SMILES string of the molecule is C[C@@H](NC(=O)C1(C#N)CCCC1)c1cccc(-n2ccnc2)c1. The van der Waals surface area contributed by atoms with Gasteiger partial charge in [0.2, 0.25) is 5.91 Å². The number of carbonyl (C=O) groups excluding carboxylic acids is 1. The number of aromatic nitrogens is 2. The van der Waals surface area contributed by atoms with Gasteiger partial charge in [0.15, 0.2) is 0 Å². The Kier molecular flexibility index (Phi) is 4.16. The van der Waals surface area contributed by atoms with Gasteiger partial charge in [-0.05, 0) is 37.5 Å². The fraction of sp³-hybridized carbons (Fsp3) is 0.389. The van der Waals surface area contributed by atoms with Crippen LogP contribution in [0.4, 0.5) is 0 Å². The van der Waals surface area contributed by atoms with E-state index in [0.717, 1.165) is 24.1 Å². The molecule has 2 aromatic rings. The van der Waals surface area contributed by atoms with Crippen LogP contribution in [0.2, 0.25) is 0 Å². The second-order valence-electron chi connectivity index (χ2n) is 6.16. The molecule has 1 aromatic carbocycles. The van der Waals surface area contributed by atoms with Crippen molar-refractivity contribution in [3.05, 3.63) is 48.5 Å². The zero-order valence-corrected chi connectivity index (χ0v) is 13.2. The van der Waals surface area contributed by atoms with Gasteiger partial charge in [0.1, 0.15) is 5.41 Å². The molecule has 1 aliphatic carbocycles. The van der Waals surface area contributed by atoms with Gasteiger partial charge in [-0.1, -0.05) is 25.0 Å². The molecule has 1 amide bonds. The van der Waals surface area contributed by atoms with E-state index in [1.807, 2.05) is 42.0 Å². The molecule has 23 heavy (non-hydrogen) atoms. The number of nitriles is 1. The first kappa shape index (κ1) is 15.3. The summed E-state index contributed by atoms with van der Waals surface area (Å²) in [6.45, 7) is 1.95. The lowest BCUT2D eigenvalue weighted by atomic mass is 9.86. The highest BCUT2D eigenvalue weighted by Crippen LogP contribution is 2.38. The van der Waals surface area contributed by atoms with Crippen LogP contribution in [0, 0.1) is 16.7 Å². The van der Waals surface area contributed by atoms with Gasteiger partial charge in [0.25, 0.3) is 0 Å². The molecule has 1 atom stereocenters. The zero-order valence-electron chi connectivity index (χ0n) is 13.2. The van der Waals surface area contributed by atoms with Crippen LogP contribution >= 0.6 is 0 Å². The van der Waals surface area contributed by atoms with Crippen molar-refractivity contribution >= 4 is 5.91 Å². The molecule has 1 aromatic heterocycles. The minimum atomic E-state index is -0.837. The molecule has 0 aliphatic heterocycles. The second-order valence-corrected chi connectivity index (χ2v) is 6.16. The van der Waals surface area contributed by atoms with E-state index in [1.54, 1.807) is 12.5 Å². The molecule has 5 heteroatoms. The normalized spacial score (nSPS) is 17.4. The molecule has 1 fully saturated rings. The monoisotopic (exact) mass is 308 g/mol. The van der Waals surface area contributed by atoms with Crippen LogP contribution in [0.5, 0.6) is 0 Å². The highest BCUT2D eigenvalue weighted by Gasteiger charge is 2.41. The number of hydrogen-bond donors (Lipinski definition) is 1. The maximum atomic E-state index is 12.5. The van der Waals surface area contributed by atoms with Crippen LogP contribution < -0.4 is 5.32 Å². The van der Waals surface area contributed by atoms with Gasteiger partial charge in [-0.15, -0.1) is 0 Å². The minimum Gasteiger partial charge on any atom is -0.348 e. The Balaban J connectivity index is 1.76.